The summed E-state index contributed by atoms with van der Waals surface area (Å²) < 4.78 is 4.78. The molecule has 9 nitrogen and oxygen atoms in total. The number of hydrogen-bond donors (Lipinski definition) is 1. The molecule has 1 spiro atoms. The van der Waals surface area contributed by atoms with Crippen molar-refractivity contribution in [3.63, 3.8) is 0 Å². The summed E-state index contributed by atoms with van der Waals surface area (Å²) in [4.78, 5) is 50.7. The lowest BCUT2D eigenvalue weighted by Gasteiger charge is -2.45. The fraction of sp³-hybridized carbons (Fsp3) is 0.630. The molecule has 0 bridgehead atoms. The molecule has 3 fully saturated rings. The number of nitrogens with zero attached hydrogens (tertiary/aromatic N) is 4. The molecule has 37 heavy (non-hydrogen) atoms. The minimum atomic E-state index is -0.604. The Hall–Kier alpha value is -2.72. The highest BCUT2D eigenvalue weighted by molar-refractivity contribution is 7.23. The van der Waals surface area contributed by atoms with Gasteiger partial charge in [-0.2, -0.15) is 0 Å². The molecule has 3 aliphatic heterocycles. The highest BCUT2D eigenvalue weighted by atomic mass is 32.1. The Kier molecular flexibility index (Phi) is 7.15. The van der Waals surface area contributed by atoms with Crippen molar-refractivity contribution in [1.29, 1.82) is 0 Å². The quantitative estimate of drug-likeness (QED) is 0.643. The van der Waals surface area contributed by atoms with Gasteiger partial charge in [0.15, 0.2) is 0 Å². The van der Waals surface area contributed by atoms with Crippen molar-refractivity contribution in [1.82, 2.24) is 19.7 Å². The fourth-order valence-corrected chi connectivity index (χ4v) is 7.40. The lowest BCUT2D eigenvalue weighted by Crippen LogP contribution is -2.54. The number of pyridine rings is 1. The maximum Gasteiger partial charge on any atom is 0.411 e. The predicted molar refractivity (Wildman–Crippen MR) is 144 cm³/mol. The number of nitrogens with one attached hydrogen (secondary N) is 1. The monoisotopic (exact) mass is 527 g/mol. The van der Waals surface area contributed by atoms with Crippen LogP contribution in [0.1, 0.15) is 62.0 Å². The number of anilines is 1. The number of ether oxygens (including phenoxy) is 1. The highest BCUT2D eigenvalue weighted by Crippen LogP contribution is 2.42. The van der Waals surface area contributed by atoms with Crippen LogP contribution >= 0.6 is 11.3 Å². The molecule has 10 heteroatoms. The number of carbonyl (C=O) groups excluding carboxylic acids is 3. The lowest BCUT2D eigenvalue weighted by atomic mass is 9.77. The van der Waals surface area contributed by atoms with E-state index in [2.05, 4.69) is 29.0 Å². The Morgan fingerprint density at radius 1 is 1.16 bits per heavy atom. The maximum atomic E-state index is 13.7. The van der Waals surface area contributed by atoms with E-state index in [0.29, 0.717) is 35.6 Å². The van der Waals surface area contributed by atoms with Crippen molar-refractivity contribution < 1.29 is 19.1 Å². The Balaban J connectivity index is 1.28. The number of amides is 3. The van der Waals surface area contributed by atoms with Gasteiger partial charge in [0.2, 0.25) is 5.91 Å². The molecule has 2 aromatic rings. The average Bonchev–Trinajstić information content (AvgIpc) is 3.40. The second-order valence-corrected chi connectivity index (χ2v) is 11.9. The van der Waals surface area contributed by atoms with Gasteiger partial charge in [-0.1, -0.05) is 11.3 Å². The molecule has 0 aromatic carbocycles. The van der Waals surface area contributed by atoms with Crippen LogP contribution in [0.25, 0.3) is 10.2 Å². The van der Waals surface area contributed by atoms with E-state index >= 15 is 0 Å². The molecule has 1 N–H and O–H groups in total. The second kappa shape index (κ2) is 10.2. The van der Waals surface area contributed by atoms with Crippen LogP contribution in [0.15, 0.2) is 12.1 Å². The van der Waals surface area contributed by atoms with Gasteiger partial charge in [0.05, 0.1) is 18.1 Å². The van der Waals surface area contributed by atoms with E-state index in [-0.39, 0.29) is 17.4 Å². The predicted octanol–water partition coefficient (Wildman–Crippen LogP) is 4.11. The van der Waals surface area contributed by atoms with Crippen LogP contribution in [0.5, 0.6) is 0 Å². The van der Waals surface area contributed by atoms with Gasteiger partial charge in [-0.15, -0.1) is 0 Å². The minimum Gasteiger partial charge on any atom is -0.453 e. The first-order valence-corrected chi connectivity index (χ1v) is 14.1. The Bertz CT molecular complexity index is 1200. The van der Waals surface area contributed by atoms with Crippen molar-refractivity contribution in [2.75, 3.05) is 45.2 Å². The third-order valence-corrected chi connectivity index (χ3v) is 9.37. The zero-order chi connectivity index (χ0) is 26.3. The summed E-state index contributed by atoms with van der Waals surface area (Å²) in [6, 6.07) is 4.42. The number of fused-ring (bicyclic) bond motifs is 1. The number of likely N-dealkylation sites (tertiary alicyclic amines) is 3. The van der Waals surface area contributed by atoms with Crippen LogP contribution in [0.2, 0.25) is 0 Å². The topological polar surface area (TPSA) is 95.1 Å². The van der Waals surface area contributed by atoms with Gasteiger partial charge < -0.3 is 14.5 Å². The van der Waals surface area contributed by atoms with E-state index in [4.69, 9.17) is 4.74 Å². The first-order valence-electron chi connectivity index (χ1n) is 13.3. The summed E-state index contributed by atoms with van der Waals surface area (Å²) in [5.74, 6) is 0.244. The summed E-state index contributed by atoms with van der Waals surface area (Å²) in [6.45, 7) is 10.1. The highest BCUT2D eigenvalue weighted by Gasteiger charge is 2.50. The summed E-state index contributed by atoms with van der Waals surface area (Å²) in [6.07, 6.45) is 4.14. The molecule has 1 atom stereocenters. The molecule has 200 valence electrons. The molecule has 2 aromatic heterocycles. The summed E-state index contributed by atoms with van der Waals surface area (Å²) in [7, 11) is 1.31. The molecular formula is C27H37N5O4S. The first kappa shape index (κ1) is 25.9. The van der Waals surface area contributed by atoms with Crippen LogP contribution in [-0.4, -0.2) is 89.5 Å². The van der Waals surface area contributed by atoms with Crippen LogP contribution in [0, 0.1) is 12.3 Å². The van der Waals surface area contributed by atoms with Crippen molar-refractivity contribution >= 4 is 44.5 Å². The number of thiophene rings is 1. The standard InChI is InChI=1S/C27H37N5O4S/c1-17(2)32-15-11-27(25(32)34)10-5-12-31(16-27)19-8-13-30(14-9-19)24(33)21-20-7-6-18(3)28-22(20)37-23(21)29-26(35)36-4/h6-7,17,19H,5,8-16H2,1-4H3,(H,29,35). The molecular weight excluding hydrogens is 490 g/mol. The second-order valence-electron chi connectivity index (χ2n) is 10.9. The molecule has 0 saturated carbocycles. The number of hydrogen-bond acceptors (Lipinski definition) is 7. The van der Waals surface area contributed by atoms with E-state index in [0.717, 1.165) is 67.6 Å². The molecule has 5 rings (SSSR count). The fourth-order valence-electron chi connectivity index (χ4n) is 6.31. The molecule has 1 unspecified atom stereocenters. The van der Waals surface area contributed by atoms with E-state index in [1.165, 1.54) is 18.4 Å². The Morgan fingerprint density at radius 3 is 2.59 bits per heavy atom. The molecule has 0 radical (unpaired) electrons. The zero-order valence-corrected chi connectivity index (χ0v) is 23.0. The van der Waals surface area contributed by atoms with Gasteiger partial charge in [-0.3, -0.25) is 19.8 Å². The SMILES string of the molecule is COC(=O)Nc1sc2nc(C)ccc2c1C(=O)N1CCC(N2CCCC3(CCN(C(C)C)C3=O)C2)CC1. The van der Waals surface area contributed by atoms with Gasteiger partial charge in [0.25, 0.3) is 5.91 Å². The van der Waals surface area contributed by atoms with E-state index < -0.39 is 6.09 Å². The Labute approximate surface area is 222 Å². The largest absolute Gasteiger partial charge is 0.453 e. The smallest absolute Gasteiger partial charge is 0.411 e. The summed E-state index contributed by atoms with van der Waals surface area (Å²) in [5, 5.41) is 3.94. The average molecular weight is 528 g/mol. The first-order chi connectivity index (χ1) is 17.7. The lowest BCUT2D eigenvalue weighted by molar-refractivity contribution is -0.140. The number of aromatic nitrogens is 1. The molecule has 3 saturated heterocycles. The number of piperidine rings is 2. The van der Waals surface area contributed by atoms with Gasteiger partial charge >= 0.3 is 6.09 Å². The molecule has 5 heterocycles. The minimum absolute atomic E-state index is 0.0876. The van der Waals surface area contributed by atoms with E-state index in [9.17, 15) is 14.4 Å². The van der Waals surface area contributed by atoms with Crippen molar-refractivity contribution in [3.05, 3.63) is 23.4 Å². The third-order valence-electron chi connectivity index (χ3n) is 8.35. The van der Waals surface area contributed by atoms with Crippen LogP contribution in [-0.2, 0) is 9.53 Å². The van der Waals surface area contributed by atoms with Crippen LogP contribution < -0.4 is 5.32 Å². The van der Waals surface area contributed by atoms with Crippen LogP contribution in [0.4, 0.5) is 9.80 Å². The zero-order valence-electron chi connectivity index (χ0n) is 22.2. The van der Waals surface area contributed by atoms with Crippen molar-refractivity contribution in [2.24, 2.45) is 5.41 Å². The third kappa shape index (κ3) is 4.81. The summed E-state index contributed by atoms with van der Waals surface area (Å²) in [5.41, 5.74) is 1.11. The molecule has 0 aliphatic carbocycles. The Morgan fingerprint density at radius 2 is 1.92 bits per heavy atom. The number of aryl methyl sites for hydroxylation is 1. The van der Waals surface area contributed by atoms with Gasteiger partial charge in [-0.05, 0) is 71.6 Å². The molecule has 3 amide bonds. The maximum absolute atomic E-state index is 13.7. The molecule has 3 aliphatic rings. The van der Waals surface area contributed by atoms with Crippen molar-refractivity contribution in [3.8, 4) is 0 Å². The van der Waals surface area contributed by atoms with Gasteiger partial charge in [0, 0.05) is 49.3 Å². The van der Waals surface area contributed by atoms with Crippen molar-refractivity contribution in [2.45, 2.75) is 65.0 Å². The van der Waals surface area contributed by atoms with E-state index in [1.807, 2.05) is 28.9 Å². The number of methoxy groups -OCH3 is 1. The number of rotatable bonds is 4. The van der Waals surface area contributed by atoms with Crippen LogP contribution in [0.3, 0.4) is 0 Å². The normalized spacial score (nSPS) is 23.4. The van der Waals surface area contributed by atoms with Gasteiger partial charge in [-0.25, -0.2) is 9.78 Å². The van der Waals surface area contributed by atoms with Gasteiger partial charge in [0.1, 0.15) is 9.83 Å². The number of carbonyl (C=O) groups is 3. The summed E-state index contributed by atoms with van der Waals surface area (Å²) >= 11 is 1.30. The van der Waals surface area contributed by atoms with E-state index in [1.54, 1.807) is 0 Å².